The van der Waals surface area contributed by atoms with Gasteiger partial charge in [0.25, 0.3) is 5.91 Å². The molecule has 3 heterocycles. The van der Waals surface area contributed by atoms with Crippen molar-refractivity contribution in [2.24, 2.45) is 0 Å². The summed E-state index contributed by atoms with van der Waals surface area (Å²) in [5, 5.41) is 8.78. The third kappa shape index (κ3) is 2.53. The Kier molecular flexibility index (Phi) is 4.44. The summed E-state index contributed by atoms with van der Waals surface area (Å²) in [6.45, 7) is 2.78. The van der Waals surface area contributed by atoms with E-state index >= 15 is 0 Å². The van der Waals surface area contributed by atoms with Crippen LogP contribution in [0, 0.1) is 0 Å². The molecule has 9 nitrogen and oxygen atoms in total. The number of hydrogen-bond acceptors (Lipinski definition) is 6. The molecule has 1 aromatic heterocycles. The minimum atomic E-state index is -0.498. The number of fused-ring (bicyclic) bond motifs is 3. The number of anilines is 1. The average molecular weight is 384 g/mol. The highest BCUT2D eigenvalue weighted by Gasteiger charge is 2.54. The van der Waals surface area contributed by atoms with Gasteiger partial charge in [-0.25, -0.2) is 4.79 Å². The Morgan fingerprint density at radius 1 is 1.11 bits per heavy atom. The number of ether oxygens (including phenoxy) is 1. The van der Waals surface area contributed by atoms with E-state index in [1.807, 2.05) is 33.7 Å². The quantitative estimate of drug-likeness (QED) is 0.784. The first-order valence-corrected chi connectivity index (χ1v) is 9.40. The van der Waals surface area contributed by atoms with Gasteiger partial charge in [-0.05, 0) is 30.7 Å². The normalized spacial score (nSPS) is 21.2. The van der Waals surface area contributed by atoms with Crippen molar-refractivity contribution >= 4 is 17.9 Å². The summed E-state index contributed by atoms with van der Waals surface area (Å²) < 4.78 is 7.14. The molecular formula is C19H24N6O3. The van der Waals surface area contributed by atoms with Gasteiger partial charge < -0.3 is 14.5 Å². The second-order valence-corrected chi connectivity index (χ2v) is 7.12. The van der Waals surface area contributed by atoms with Gasteiger partial charge in [-0.3, -0.25) is 14.3 Å². The number of benzene rings is 1. The predicted molar refractivity (Wildman–Crippen MR) is 103 cm³/mol. The zero-order chi connectivity index (χ0) is 20.0. The van der Waals surface area contributed by atoms with Gasteiger partial charge in [0, 0.05) is 26.2 Å². The van der Waals surface area contributed by atoms with E-state index in [0.29, 0.717) is 18.3 Å². The maximum absolute atomic E-state index is 13.0. The minimum absolute atomic E-state index is 0.213. The lowest BCUT2D eigenvalue weighted by Crippen LogP contribution is -2.61. The van der Waals surface area contributed by atoms with E-state index in [-0.39, 0.29) is 11.9 Å². The maximum Gasteiger partial charge on any atom is 0.327 e. The van der Waals surface area contributed by atoms with Crippen LogP contribution in [-0.2, 0) is 4.79 Å². The van der Waals surface area contributed by atoms with E-state index in [0.717, 1.165) is 24.2 Å². The monoisotopic (exact) mass is 384 g/mol. The van der Waals surface area contributed by atoms with Crippen molar-refractivity contribution in [3.63, 3.8) is 0 Å². The van der Waals surface area contributed by atoms with Gasteiger partial charge in [-0.15, -0.1) is 10.2 Å². The van der Waals surface area contributed by atoms with Crippen LogP contribution in [0.2, 0.25) is 0 Å². The molecule has 1 saturated heterocycles. The fourth-order valence-corrected chi connectivity index (χ4v) is 3.94. The number of hydrogen-bond donors (Lipinski definition) is 0. The van der Waals surface area contributed by atoms with Crippen LogP contribution in [0.3, 0.4) is 0 Å². The molecule has 0 bridgehead atoms. The third-order valence-corrected chi connectivity index (χ3v) is 5.49. The molecule has 1 fully saturated rings. The largest absolute Gasteiger partial charge is 0.497 e. The molecule has 2 aliphatic heterocycles. The number of methoxy groups -OCH3 is 1. The van der Waals surface area contributed by atoms with Crippen LogP contribution in [0.5, 0.6) is 5.75 Å². The van der Waals surface area contributed by atoms with E-state index in [1.54, 1.807) is 19.1 Å². The van der Waals surface area contributed by atoms with Gasteiger partial charge in [-0.2, -0.15) is 0 Å². The second kappa shape index (κ2) is 6.81. The molecule has 0 aliphatic carbocycles. The Morgan fingerprint density at radius 2 is 1.82 bits per heavy atom. The molecule has 2 unspecified atom stereocenters. The van der Waals surface area contributed by atoms with Crippen molar-refractivity contribution < 1.29 is 14.3 Å². The summed E-state index contributed by atoms with van der Waals surface area (Å²) in [6.07, 6.45) is 1.43. The van der Waals surface area contributed by atoms with Gasteiger partial charge >= 0.3 is 6.03 Å². The van der Waals surface area contributed by atoms with Crippen molar-refractivity contribution in [3.8, 4) is 17.1 Å². The number of aromatic nitrogens is 3. The summed E-state index contributed by atoms with van der Waals surface area (Å²) in [4.78, 5) is 30.4. The van der Waals surface area contributed by atoms with Crippen LogP contribution in [0.25, 0.3) is 11.4 Å². The SMILES string of the molecule is CCCCN1c2nnc(-c3ccc(OC)cc3)n2C2C1C(=O)N(C)C(=O)N2C. The molecule has 9 heteroatoms. The first-order valence-electron chi connectivity index (χ1n) is 9.40. The van der Waals surface area contributed by atoms with Crippen molar-refractivity contribution in [2.75, 3.05) is 32.6 Å². The number of urea groups is 1. The average Bonchev–Trinajstić information content (AvgIpc) is 3.27. The van der Waals surface area contributed by atoms with Gasteiger partial charge in [0.1, 0.15) is 11.9 Å². The maximum atomic E-state index is 13.0. The number of carbonyl (C=O) groups is 2. The fraction of sp³-hybridized carbons (Fsp3) is 0.474. The van der Waals surface area contributed by atoms with Crippen molar-refractivity contribution in [2.45, 2.75) is 32.0 Å². The minimum Gasteiger partial charge on any atom is -0.497 e. The van der Waals surface area contributed by atoms with E-state index < -0.39 is 12.2 Å². The Bertz CT molecular complexity index is 909. The number of amides is 3. The summed E-state index contributed by atoms with van der Waals surface area (Å²) in [5.41, 5.74) is 0.850. The zero-order valence-electron chi connectivity index (χ0n) is 16.5. The molecule has 2 aliphatic rings. The lowest BCUT2D eigenvalue weighted by molar-refractivity contribution is -0.133. The number of rotatable bonds is 5. The van der Waals surface area contributed by atoms with Crippen molar-refractivity contribution in [1.29, 1.82) is 0 Å². The second-order valence-electron chi connectivity index (χ2n) is 7.12. The predicted octanol–water partition coefficient (Wildman–Crippen LogP) is 1.96. The van der Waals surface area contributed by atoms with Crippen LogP contribution in [0.1, 0.15) is 25.9 Å². The van der Waals surface area contributed by atoms with Gasteiger partial charge in [0.2, 0.25) is 5.95 Å². The fourth-order valence-electron chi connectivity index (χ4n) is 3.94. The Balaban J connectivity index is 1.83. The highest BCUT2D eigenvalue weighted by molar-refractivity contribution is 6.02. The summed E-state index contributed by atoms with van der Waals surface area (Å²) in [5.74, 6) is 1.78. The molecular weight excluding hydrogens is 360 g/mol. The third-order valence-electron chi connectivity index (χ3n) is 5.49. The van der Waals surface area contributed by atoms with Crippen LogP contribution >= 0.6 is 0 Å². The van der Waals surface area contributed by atoms with E-state index in [9.17, 15) is 9.59 Å². The first-order chi connectivity index (χ1) is 13.5. The highest BCUT2D eigenvalue weighted by Crippen LogP contribution is 2.42. The van der Waals surface area contributed by atoms with Crippen LogP contribution in [0.15, 0.2) is 24.3 Å². The molecule has 0 spiro atoms. The van der Waals surface area contributed by atoms with Crippen LogP contribution < -0.4 is 9.64 Å². The standard InChI is InChI=1S/C19H24N6O3/c1-5-6-11-24-14-16(22(2)19(27)23(3)17(14)26)25-15(20-21-18(24)25)12-7-9-13(28-4)10-8-12/h7-10,14,16H,5-6,11H2,1-4H3. The molecule has 0 radical (unpaired) electrons. The molecule has 4 rings (SSSR count). The summed E-state index contributed by atoms with van der Waals surface area (Å²) in [7, 11) is 4.86. The van der Waals surface area contributed by atoms with Gasteiger partial charge in [-0.1, -0.05) is 13.3 Å². The Morgan fingerprint density at radius 3 is 2.46 bits per heavy atom. The van der Waals surface area contributed by atoms with E-state index in [1.165, 1.54) is 11.9 Å². The molecule has 1 aromatic carbocycles. The first kappa shape index (κ1) is 18.3. The van der Waals surface area contributed by atoms with Crippen LogP contribution in [0.4, 0.5) is 10.7 Å². The van der Waals surface area contributed by atoms with E-state index in [2.05, 4.69) is 17.1 Å². The molecule has 0 saturated carbocycles. The zero-order valence-corrected chi connectivity index (χ0v) is 16.5. The van der Waals surface area contributed by atoms with Crippen molar-refractivity contribution in [3.05, 3.63) is 24.3 Å². The van der Waals surface area contributed by atoms with Gasteiger partial charge in [0.15, 0.2) is 11.9 Å². The van der Waals surface area contributed by atoms with Crippen molar-refractivity contribution in [1.82, 2.24) is 24.6 Å². The summed E-state index contributed by atoms with van der Waals surface area (Å²) >= 11 is 0. The topological polar surface area (TPSA) is 83.8 Å². The number of carbonyl (C=O) groups excluding carboxylic acids is 2. The highest BCUT2D eigenvalue weighted by atomic mass is 16.5. The lowest BCUT2D eigenvalue weighted by atomic mass is 10.1. The molecule has 3 amide bonds. The molecule has 2 atom stereocenters. The van der Waals surface area contributed by atoms with Crippen LogP contribution in [-0.4, -0.2) is 70.3 Å². The van der Waals surface area contributed by atoms with Gasteiger partial charge in [0.05, 0.1) is 7.11 Å². The Labute approximate surface area is 163 Å². The molecule has 2 aromatic rings. The molecule has 0 N–H and O–H groups in total. The Hall–Kier alpha value is -3.10. The summed E-state index contributed by atoms with van der Waals surface area (Å²) in [6, 6.07) is 6.68. The molecule has 148 valence electrons. The number of nitrogens with zero attached hydrogens (tertiary/aromatic N) is 6. The number of likely N-dealkylation sites (N-methyl/N-ethyl adjacent to an activating group) is 2. The number of imide groups is 1. The smallest absolute Gasteiger partial charge is 0.327 e. The lowest BCUT2D eigenvalue weighted by Gasteiger charge is -2.40. The molecule has 28 heavy (non-hydrogen) atoms. The number of unbranched alkanes of at least 4 members (excludes halogenated alkanes) is 1. The van der Waals surface area contributed by atoms with E-state index in [4.69, 9.17) is 4.74 Å².